The molecule has 1 rings (SSSR count). The van der Waals surface area contributed by atoms with Crippen LogP contribution in [0.5, 0.6) is 0 Å². The number of amidine groups is 1. The van der Waals surface area contributed by atoms with Crippen LogP contribution in [-0.4, -0.2) is 33.2 Å². The average Bonchev–Trinajstić information content (AvgIpc) is 2.34. The van der Waals surface area contributed by atoms with Gasteiger partial charge in [0, 0.05) is 39.0 Å². The average molecular weight is 422 g/mol. The van der Waals surface area contributed by atoms with Gasteiger partial charge in [-0.2, -0.15) is 0 Å². The van der Waals surface area contributed by atoms with Crippen LogP contribution in [0.1, 0.15) is 19.4 Å². The Morgan fingerprint density at radius 2 is 1.52 bits per heavy atom. The zero-order valence-electron chi connectivity index (χ0n) is 16.5. The normalized spacial score (nSPS) is 12.5. The molecular weight excluding hydrogens is 391 g/mol. The predicted octanol–water partition coefficient (Wildman–Crippen LogP) is 5.51. The molecule has 0 heterocycles. The molecule has 0 saturated carbocycles. The summed E-state index contributed by atoms with van der Waals surface area (Å²) < 4.78 is 4.89. The zero-order chi connectivity index (χ0) is 19.0. The van der Waals surface area contributed by atoms with Crippen molar-refractivity contribution in [1.82, 2.24) is 0 Å². The zero-order valence-corrected chi connectivity index (χ0v) is 19.5. The number of nitrogens with zero attached hydrogens (tertiary/aromatic N) is 2. The molecule has 25 heavy (non-hydrogen) atoms. The van der Waals surface area contributed by atoms with Gasteiger partial charge < -0.3 is 14.7 Å². The molecule has 0 aliphatic heterocycles. The van der Waals surface area contributed by atoms with E-state index in [4.69, 9.17) is 14.7 Å². The number of rotatable bonds is 4. The maximum absolute atomic E-state index is 10.0. The van der Waals surface area contributed by atoms with Crippen LogP contribution in [0.2, 0.25) is 39.3 Å². The van der Waals surface area contributed by atoms with Crippen LogP contribution >= 0.6 is 0 Å². The van der Waals surface area contributed by atoms with Gasteiger partial charge in [0.2, 0.25) is 0 Å². The maximum Gasteiger partial charge on any atom is 0.155 e. The number of hydrogen-bond acceptors (Lipinski definition) is 3. The van der Waals surface area contributed by atoms with Crippen LogP contribution < -0.4 is 0 Å². The minimum atomic E-state index is -1.49. The molecule has 1 N–H and O–H groups in total. The number of ketones is 1. The monoisotopic (exact) mass is 421 g/mol. The van der Waals surface area contributed by atoms with Gasteiger partial charge in [-0.05, 0) is 19.4 Å². The molecule has 0 amide bonds. The Morgan fingerprint density at radius 3 is 1.80 bits per heavy atom. The van der Waals surface area contributed by atoms with Crippen molar-refractivity contribution in [2.75, 3.05) is 0 Å². The van der Waals surface area contributed by atoms with Gasteiger partial charge in [-0.15, -0.1) is 0 Å². The van der Waals surface area contributed by atoms with E-state index in [2.05, 4.69) is 63.5 Å². The molecule has 0 aliphatic carbocycles. The molecule has 0 atom stereocenters. The summed E-state index contributed by atoms with van der Waals surface area (Å²) in [5, 5.41) is 8.36. The summed E-state index contributed by atoms with van der Waals surface area (Å²) >= 11 is 0. The van der Waals surface area contributed by atoms with Gasteiger partial charge in [0.05, 0.1) is 5.76 Å². The van der Waals surface area contributed by atoms with Gasteiger partial charge >= 0.3 is 0 Å². The molecule has 4 nitrogen and oxygen atoms in total. The van der Waals surface area contributed by atoms with Crippen molar-refractivity contribution >= 4 is 28.1 Å². The second-order valence-corrected chi connectivity index (χ2v) is 16.8. The van der Waals surface area contributed by atoms with E-state index in [0.29, 0.717) is 0 Å². The first-order chi connectivity index (χ1) is 10.8. The van der Waals surface area contributed by atoms with Crippen molar-refractivity contribution in [3.63, 3.8) is 0 Å². The van der Waals surface area contributed by atoms with E-state index in [9.17, 15) is 4.79 Å². The Hall–Kier alpha value is -1.17. The first kappa shape index (κ1) is 26.1. The van der Waals surface area contributed by atoms with Gasteiger partial charge in [0.25, 0.3) is 0 Å². The number of allylic oxidation sites excluding steroid dienone is 2. The number of hydrogen-bond donors (Lipinski definition) is 1. The maximum atomic E-state index is 10.0. The van der Waals surface area contributed by atoms with Crippen molar-refractivity contribution in [1.29, 1.82) is 0 Å². The van der Waals surface area contributed by atoms with E-state index in [0.717, 1.165) is 11.4 Å². The third-order valence-electron chi connectivity index (χ3n) is 2.33. The standard InChI is InChI=1S/C13H23N2Si2.C5H8O2.Ni/c1-16(2,3)14-13(15-17(4,5)6)12-10-8-7-9-11-12;1-4(6)3-5(2)7;/h7-11H,1-6H3;3,6H,1-2H3;/q-1;;/b;4-3-;. The van der Waals surface area contributed by atoms with E-state index >= 15 is 0 Å². The Balaban J connectivity index is 0. The SMILES string of the molecule is CC(=O)/C=C(/C)O.C[Si](C)(C)/N=C(/[N-][Si](C)(C)C)c1ccccc1.[Ni]. The van der Waals surface area contributed by atoms with Crippen LogP contribution in [0.25, 0.3) is 4.98 Å². The Bertz CT molecular complexity index is 585. The molecule has 0 unspecified atom stereocenters. The van der Waals surface area contributed by atoms with Crippen LogP contribution in [-0.2, 0) is 21.3 Å². The van der Waals surface area contributed by atoms with Crippen molar-refractivity contribution in [3.8, 4) is 0 Å². The van der Waals surface area contributed by atoms with Gasteiger partial charge in [-0.3, -0.25) is 4.79 Å². The predicted molar refractivity (Wildman–Crippen MR) is 110 cm³/mol. The molecule has 144 valence electrons. The smallest absolute Gasteiger partial charge is 0.155 e. The van der Waals surface area contributed by atoms with E-state index < -0.39 is 16.5 Å². The van der Waals surface area contributed by atoms with Gasteiger partial charge in [0.15, 0.2) is 5.78 Å². The summed E-state index contributed by atoms with van der Waals surface area (Å²) in [6.45, 7) is 16.3. The van der Waals surface area contributed by atoms with Crippen molar-refractivity contribution in [2.45, 2.75) is 53.1 Å². The van der Waals surface area contributed by atoms with Crippen LogP contribution in [0.4, 0.5) is 0 Å². The van der Waals surface area contributed by atoms with Crippen molar-refractivity contribution in [3.05, 3.63) is 52.7 Å². The molecule has 0 spiro atoms. The fraction of sp³-hybridized carbons (Fsp3) is 0.444. The number of benzene rings is 1. The molecule has 0 radical (unpaired) electrons. The molecule has 0 fully saturated rings. The number of aliphatic hydroxyl groups is 1. The van der Waals surface area contributed by atoms with Crippen LogP contribution in [0.3, 0.4) is 0 Å². The molecule has 0 aromatic heterocycles. The molecule has 0 aliphatic rings. The van der Waals surface area contributed by atoms with Crippen LogP contribution in [0.15, 0.2) is 46.8 Å². The van der Waals surface area contributed by atoms with Gasteiger partial charge in [0.1, 0.15) is 0 Å². The fourth-order valence-corrected chi connectivity index (χ4v) is 3.40. The van der Waals surface area contributed by atoms with Crippen molar-refractivity contribution in [2.24, 2.45) is 4.66 Å². The topological polar surface area (TPSA) is 63.8 Å². The third-order valence-corrected chi connectivity index (χ3v) is 4.09. The molecule has 1 aromatic rings. The first-order valence-electron chi connectivity index (χ1n) is 8.06. The fourth-order valence-electron chi connectivity index (χ4n) is 1.67. The Labute approximate surface area is 164 Å². The summed E-state index contributed by atoms with van der Waals surface area (Å²) in [6.07, 6.45) is 1.17. The summed E-state index contributed by atoms with van der Waals surface area (Å²) in [5.74, 6) is 0.899. The number of carbonyl (C=O) groups excluding carboxylic acids is 1. The molecule has 0 saturated heterocycles. The van der Waals surface area contributed by atoms with Crippen LogP contribution in [0, 0.1) is 0 Å². The number of carbonyl (C=O) groups is 1. The quantitative estimate of drug-likeness (QED) is 0.229. The first-order valence-corrected chi connectivity index (χ1v) is 15.0. The van der Waals surface area contributed by atoms with Crippen molar-refractivity contribution < 1.29 is 26.4 Å². The van der Waals surface area contributed by atoms with E-state index in [1.54, 1.807) is 0 Å². The van der Waals surface area contributed by atoms with Gasteiger partial charge in [-0.25, -0.2) is 0 Å². The Morgan fingerprint density at radius 1 is 1.04 bits per heavy atom. The summed E-state index contributed by atoms with van der Waals surface area (Å²) in [4.78, 5) is 14.9. The molecule has 1 aromatic carbocycles. The number of aliphatic hydroxyl groups excluding tert-OH is 1. The summed E-state index contributed by atoms with van der Waals surface area (Å²) in [5.41, 5.74) is 1.15. The van der Waals surface area contributed by atoms with Gasteiger partial charge in [-0.1, -0.05) is 75.4 Å². The summed E-state index contributed by atoms with van der Waals surface area (Å²) in [6, 6.07) is 10.3. The third kappa shape index (κ3) is 16.1. The molecule has 0 bridgehead atoms. The van der Waals surface area contributed by atoms with E-state index in [-0.39, 0.29) is 28.0 Å². The molecule has 7 heteroatoms. The Kier molecular flexibility index (Phi) is 11.9. The van der Waals surface area contributed by atoms with E-state index in [1.165, 1.54) is 19.9 Å². The second kappa shape index (κ2) is 11.4. The minimum Gasteiger partial charge on any atom is -0.512 e. The molecular formula is C18H31N2NiO2Si2-. The second-order valence-electron chi connectivity index (χ2n) is 7.65. The largest absolute Gasteiger partial charge is 0.512 e. The summed E-state index contributed by atoms with van der Waals surface area (Å²) in [7, 11) is -2.97. The van der Waals surface area contributed by atoms with E-state index in [1.807, 2.05) is 6.07 Å². The minimum absolute atomic E-state index is 0.